The maximum atomic E-state index is 13.0. The first-order valence-electron chi connectivity index (χ1n) is 10.8. The van der Waals surface area contributed by atoms with Crippen molar-refractivity contribution in [3.8, 4) is 5.75 Å². The second-order valence-electron chi connectivity index (χ2n) is 8.32. The molecule has 3 N–H and O–H groups in total. The second kappa shape index (κ2) is 9.86. The summed E-state index contributed by atoms with van der Waals surface area (Å²) in [5.41, 5.74) is 4.46. The Bertz CT molecular complexity index is 1240. The van der Waals surface area contributed by atoms with Crippen molar-refractivity contribution in [3.63, 3.8) is 0 Å². The minimum atomic E-state index is -3.61. The molecule has 1 aromatic heterocycles. The van der Waals surface area contributed by atoms with Crippen LogP contribution in [-0.4, -0.2) is 43.4 Å². The van der Waals surface area contributed by atoms with Crippen LogP contribution >= 0.6 is 0 Å². The van der Waals surface area contributed by atoms with E-state index in [0.29, 0.717) is 31.9 Å². The van der Waals surface area contributed by atoms with Gasteiger partial charge in [-0.1, -0.05) is 18.2 Å². The number of rotatable bonds is 7. The lowest BCUT2D eigenvalue weighted by Crippen LogP contribution is -2.46. The molecule has 2 aromatic carbocycles. The molecule has 0 saturated carbocycles. The highest BCUT2D eigenvalue weighted by molar-refractivity contribution is 7.91. The van der Waals surface area contributed by atoms with Crippen molar-refractivity contribution in [2.24, 2.45) is 11.8 Å². The first-order valence-corrected chi connectivity index (χ1v) is 12.5. The molecule has 0 unspecified atom stereocenters. The Hall–Kier alpha value is -3.01. The van der Waals surface area contributed by atoms with Crippen molar-refractivity contribution in [2.45, 2.75) is 24.8 Å². The van der Waals surface area contributed by atoms with Crippen molar-refractivity contribution in [1.29, 1.82) is 0 Å². The SMILES string of the molecule is Cc1cc(COc2ccc(S(=O)(=O)C[C@@H]3CCNC[C@@H]3C(=O)NO)cc2)c2ccccc2n1. The summed E-state index contributed by atoms with van der Waals surface area (Å²) in [5.74, 6) is -1.13. The van der Waals surface area contributed by atoms with Gasteiger partial charge in [0.25, 0.3) is 0 Å². The zero-order chi connectivity index (χ0) is 23.4. The molecule has 2 atom stereocenters. The Morgan fingerprint density at radius 3 is 2.73 bits per heavy atom. The molecule has 1 fully saturated rings. The van der Waals surface area contributed by atoms with E-state index in [-0.39, 0.29) is 16.6 Å². The van der Waals surface area contributed by atoms with Crippen LogP contribution in [0, 0.1) is 18.8 Å². The number of benzene rings is 2. The first kappa shape index (κ1) is 23.2. The largest absolute Gasteiger partial charge is 0.489 e. The third-order valence-electron chi connectivity index (χ3n) is 6.01. The highest BCUT2D eigenvalue weighted by Gasteiger charge is 2.34. The highest BCUT2D eigenvalue weighted by Crippen LogP contribution is 2.26. The number of sulfone groups is 1. The predicted octanol–water partition coefficient (Wildman–Crippen LogP) is 2.63. The molecule has 33 heavy (non-hydrogen) atoms. The standard InChI is InChI=1S/C24H27N3O5S/c1-16-12-18(21-4-2-3-5-23(21)26-16)14-32-19-6-8-20(9-7-19)33(30,31)15-17-10-11-25-13-22(17)24(28)27-29/h2-9,12,17,22,25,29H,10-11,13-15H2,1H3,(H,27,28)/t17-,22-/m0/s1. The number of hydrogen-bond acceptors (Lipinski definition) is 7. The van der Waals surface area contributed by atoms with Crippen molar-refractivity contribution < 1.29 is 23.2 Å². The van der Waals surface area contributed by atoms with Crippen LogP contribution in [0.5, 0.6) is 5.75 Å². The summed E-state index contributed by atoms with van der Waals surface area (Å²) in [7, 11) is -3.61. The maximum Gasteiger partial charge on any atom is 0.248 e. The summed E-state index contributed by atoms with van der Waals surface area (Å²) >= 11 is 0. The van der Waals surface area contributed by atoms with Gasteiger partial charge in [0, 0.05) is 23.2 Å². The lowest BCUT2D eigenvalue weighted by atomic mass is 9.87. The number of hydrogen-bond donors (Lipinski definition) is 3. The quantitative estimate of drug-likeness (QED) is 0.360. The number of amides is 1. The topological polar surface area (TPSA) is 118 Å². The lowest BCUT2D eigenvalue weighted by molar-refractivity contribution is -0.135. The zero-order valence-corrected chi connectivity index (χ0v) is 19.1. The number of pyridine rings is 1. The van der Waals surface area contributed by atoms with Crippen molar-refractivity contribution in [1.82, 2.24) is 15.8 Å². The number of carbonyl (C=O) groups excluding carboxylic acids is 1. The number of piperidine rings is 1. The van der Waals surface area contributed by atoms with Crippen LogP contribution in [0.1, 0.15) is 17.7 Å². The third-order valence-corrected chi connectivity index (χ3v) is 7.87. The first-order chi connectivity index (χ1) is 15.9. The van der Waals surface area contributed by atoms with Gasteiger partial charge in [0.1, 0.15) is 12.4 Å². The molecule has 8 nitrogen and oxygen atoms in total. The van der Waals surface area contributed by atoms with Gasteiger partial charge in [-0.3, -0.25) is 15.0 Å². The van der Waals surface area contributed by atoms with E-state index in [0.717, 1.165) is 22.2 Å². The lowest BCUT2D eigenvalue weighted by Gasteiger charge is -2.30. The Morgan fingerprint density at radius 2 is 1.97 bits per heavy atom. The van der Waals surface area contributed by atoms with Crippen LogP contribution in [0.15, 0.2) is 59.5 Å². The van der Waals surface area contributed by atoms with E-state index >= 15 is 0 Å². The van der Waals surface area contributed by atoms with Gasteiger partial charge in [-0.15, -0.1) is 0 Å². The maximum absolute atomic E-state index is 13.0. The van der Waals surface area contributed by atoms with Crippen LogP contribution < -0.4 is 15.5 Å². The number of aryl methyl sites for hydroxylation is 1. The molecule has 1 saturated heterocycles. The van der Waals surface area contributed by atoms with Gasteiger partial charge in [-0.2, -0.15) is 0 Å². The molecule has 1 aliphatic heterocycles. The molecular weight excluding hydrogens is 442 g/mol. The van der Waals surface area contributed by atoms with Gasteiger partial charge in [0.15, 0.2) is 9.84 Å². The normalized spacial score (nSPS) is 18.7. The van der Waals surface area contributed by atoms with E-state index < -0.39 is 21.7 Å². The predicted molar refractivity (Wildman–Crippen MR) is 124 cm³/mol. The highest BCUT2D eigenvalue weighted by atomic mass is 32.2. The molecular formula is C24H27N3O5S. The van der Waals surface area contributed by atoms with E-state index in [1.165, 1.54) is 12.1 Å². The van der Waals surface area contributed by atoms with E-state index in [1.807, 2.05) is 37.3 Å². The van der Waals surface area contributed by atoms with Gasteiger partial charge < -0.3 is 10.1 Å². The molecule has 0 radical (unpaired) electrons. The smallest absolute Gasteiger partial charge is 0.248 e. The average molecular weight is 470 g/mol. The molecule has 1 aliphatic rings. The van der Waals surface area contributed by atoms with Gasteiger partial charge in [-0.05, 0) is 62.2 Å². The molecule has 0 spiro atoms. The fraction of sp³-hybridized carbons (Fsp3) is 0.333. The van der Waals surface area contributed by atoms with Gasteiger partial charge >= 0.3 is 0 Å². The Balaban J connectivity index is 1.45. The minimum Gasteiger partial charge on any atom is -0.489 e. The summed E-state index contributed by atoms with van der Waals surface area (Å²) in [6.45, 7) is 3.24. The van der Waals surface area contributed by atoms with Crippen LogP contribution in [-0.2, 0) is 21.2 Å². The fourth-order valence-electron chi connectivity index (χ4n) is 4.30. The number of nitrogens with one attached hydrogen (secondary N) is 2. The van der Waals surface area contributed by atoms with Crippen molar-refractivity contribution in [2.75, 3.05) is 18.8 Å². The average Bonchev–Trinajstić information content (AvgIpc) is 2.82. The number of carbonyl (C=O) groups is 1. The molecule has 9 heteroatoms. The molecule has 3 aromatic rings. The Morgan fingerprint density at radius 1 is 1.21 bits per heavy atom. The van der Waals surface area contributed by atoms with Crippen LogP contribution in [0.4, 0.5) is 0 Å². The van der Waals surface area contributed by atoms with E-state index in [1.54, 1.807) is 17.6 Å². The zero-order valence-electron chi connectivity index (χ0n) is 18.3. The second-order valence-corrected chi connectivity index (χ2v) is 10.4. The molecule has 174 valence electrons. The number of aromatic nitrogens is 1. The monoisotopic (exact) mass is 469 g/mol. The number of para-hydroxylation sites is 1. The summed E-state index contributed by atoms with van der Waals surface area (Å²) in [6.07, 6.45) is 0.540. The van der Waals surface area contributed by atoms with Crippen LogP contribution in [0.25, 0.3) is 10.9 Å². The van der Waals surface area contributed by atoms with E-state index in [2.05, 4.69) is 10.3 Å². The van der Waals surface area contributed by atoms with E-state index in [9.17, 15) is 13.2 Å². The number of nitrogens with zero attached hydrogens (tertiary/aromatic N) is 1. The van der Waals surface area contributed by atoms with Gasteiger partial charge in [-0.25, -0.2) is 13.9 Å². The Labute approximate surface area is 192 Å². The third kappa shape index (κ3) is 5.32. The summed E-state index contributed by atoms with van der Waals surface area (Å²) in [4.78, 5) is 16.6. The van der Waals surface area contributed by atoms with Gasteiger partial charge in [0.2, 0.25) is 5.91 Å². The minimum absolute atomic E-state index is 0.157. The summed E-state index contributed by atoms with van der Waals surface area (Å²) < 4.78 is 31.9. The molecule has 2 heterocycles. The number of fused-ring (bicyclic) bond motifs is 1. The molecule has 1 amide bonds. The number of hydroxylamine groups is 1. The van der Waals surface area contributed by atoms with Gasteiger partial charge in [0.05, 0.1) is 22.1 Å². The summed E-state index contributed by atoms with van der Waals surface area (Å²) in [5, 5.41) is 13.1. The number of ether oxygens (including phenoxy) is 1. The van der Waals surface area contributed by atoms with E-state index in [4.69, 9.17) is 9.94 Å². The Kier molecular flexibility index (Phi) is 6.92. The molecule has 0 aliphatic carbocycles. The molecule has 4 rings (SSSR count). The van der Waals surface area contributed by atoms with Crippen molar-refractivity contribution >= 4 is 26.6 Å². The van der Waals surface area contributed by atoms with Crippen molar-refractivity contribution in [3.05, 3.63) is 65.9 Å². The van der Waals surface area contributed by atoms with Crippen LogP contribution in [0.3, 0.4) is 0 Å². The fourth-order valence-corrected chi connectivity index (χ4v) is 6.00. The molecule has 0 bridgehead atoms. The summed E-state index contributed by atoms with van der Waals surface area (Å²) in [6, 6.07) is 16.2. The van der Waals surface area contributed by atoms with Crippen LogP contribution in [0.2, 0.25) is 0 Å².